The van der Waals surface area contributed by atoms with Gasteiger partial charge >= 0.3 is 11.9 Å². The molecule has 0 saturated carbocycles. The first kappa shape index (κ1) is 42.0. The van der Waals surface area contributed by atoms with Crippen LogP contribution in [0, 0.1) is 36.5 Å². The lowest BCUT2D eigenvalue weighted by atomic mass is 9.76. The van der Waals surface area contributed by atoms with Gasteiger partial charge in [0.1, 0.15) is 23.2 Å². The van der Waals surface area contributed by atoms with Crippen molar-refractivity contribution in [2.75, 3.05) is 19.2 Å². The van der Waals surface area contributed by atoms with Gasteiger partial charge in [0.25, 0.3) is 5.91 Å². The smallest absolute Gasteiger partial charge is 0.313 e. The number of esters is 2. The summed E-state index contributed by atoms with van der Waals surface area (Å²) >= 11 is 0. The van der Waals surface area contributed by atoms with Crippen LogP contribution in [0.5, 0.6) is 11.5 Å². The Bertz CT molecular complexity index is 1870. The van der Waals surface area contributed by atoms with Crippen LogP contribution in [-0.2, 0) is 28.6 Å². The molecule has 0 saturated heterocycles. The number of aliphatic hydroxyl groups excluding tert-OH is 4. The third kappa shape index (κ3) is 7.88. The summed E-state index contributed by atoms with van der Waals surface area (Å²) in [6.07, 6.45) is 0.456. The Morgan fingerprint density at radius 2 is 1.41 bits per heavy atom. The summed E-state index contributed by atoms with van der Waals surface area (Å²) < 4.78 is 22.5. The standard InChI is InChI=1S/C40H51NO13/c1-16-12-11-13-17(2)39(49)41-29-20(5)38(54-24(9)42)25-26(35(29)48)34(47)23(8)37-27(25)36(52-15-53-37)19(4)14-18(3)31(44)22(7)33(46)28(40(50)51-10)32(45)21(6)30(16)43/h11-14,16,18,21-22,28,30-33,43-46,48H,15H2,1-10H3,(H,41,49)/t16-,18+,21-,22-,28-,30-,31+,32-,33+/m1/s1. The highest BCUT2D eigenvalue weighted by Crippen LogP contribution is 2.53. The first-order valence-electron chi connectivity index (χ1n) is 17.8. The van der Waals surface area contributed by atoms with Gasteiger partial charge in [0.05, 0.1) is 48.3 Å². The molecule has 0 spiro atoms. The molecule has 1 aliphatic carbocycles. The lowest BCUT2D eigenvalue weighted by molar-refractivity contribution is -0.164. The highest BCUT2D eigenvalue weighted by Gasteiger charge is 2.45. The number of methoxy groups -OCH3 is 1. The molecule has 4 aliphatic rings. The molecule has 14 nitrogen and oxygen atoms in total. The summed E-state index contributed by atoms with van der Waals surface area (Å²) in [5.74, 6) is -8.30. The number of ether oxygens (including phenoxy) is 4. The third-order valence-electron chi connectivity index (χ3n) is 10.6. The summed E-state index contributed by atoms with van der Waals surface area (Å²) in [6, 6.07) is 0. The van der Waals surface area contributed by atoms with Crippen molar-refractivity contribution >= 4 is 34.9 Å². The van der Waals surface area contributed by atoms with Gasteiger partial charge in [0.2, 0.25) is 6.79 Å². The van der Waals surface area contributed by atoms with E-state index in [1.807, 2.05) is 0 Å². The number of ketones is 1. The maximum absolute atomic E-state index is 14.0. The number of Topliss-reactive ketones (excluding diaryl/α,β-unsaturated/α-hetero) is 1. The van der Waals surface area contributed by atoms with E-state index in [9.17, 15) is 44.7 Å². The average molecular weight is 754 g/mol. The summed E-state index contributed by atoms with van der Waals surface area (Å²) in [5.41, 5.74) is 0.550. The number of aliphatic hydroxyl groups is 4. The fourth-order valence-electron chi connectivity index (χ4n) is 7.22. The Balaban J connectivity index is 2.03. The van der Waals surface area contributed by atoms with Crippen LogP contribution in [0.1, 0.15) is 76.9 Å². The lowest BCUT2D eigenvalue weighted by Crippen LogP contribution is -2.50. The van der Waals surface area contributed by atoms with Gasteiger partial charge in [0, 0.05) is 52.9 Å². The number of rotatable bonds is 2. The number of carbonyl (C=O) groups is 4. The van der Waals surface area contributed by atoms with E-state index in [2.05, 4.69) is 5.32 Å². The molecule has 14 heteroatoms. The van der Waals surface area contributed by atoms with E-state index in [-0.39, 0.29) is 63.2 Å². The topological polar surface area (TPSA) is 218 Å². The molecule has 0 unspecified atom stereocenters. The zero-order chi connectivity index (χ0) is 40.5. The van der Waals surface area contributed by atoms with Crippen molar-refractivity contribution in [3.63, 3.8) is 0 Å². The quantitative estimate of drug-likeness (QED) is 0.143. The van der Waals surface area contributed by atoms with Crippen molar-refractivity contribution in [1.82, 2.24) is 0 Å². The largest absolute Gasteiger partial charge is 0.505 e. The first-order valence-corrected chi connectivity index (χ1v) is 17.8. The SMILES string of the molecule is COC(=O)[C@@H]1[C@H](O)[C@H](C)[C@H](O)[C@H](C)C=CC=C(C)C(=O)Nc2c(C)c(OC(C)=O)c3c(c2O)C(=O)C(C)=C2OCOC(=C23)C(C)=C[C@H](C)[C@H](O)[C@@H](C)[C@@H]1O. The van der Waals surface area contributed by atoms with Gasteiger partial charge in [-0.1, -0.05) is 52.0 Å². The van der Waals surface area contributed by atoms with Gasteiger partial charge in [-0.3, -0.25) is 19.2 Å². The molecule has 54 heavy (non-hydrogen) atoms. The second kappa shape index (κ2) is 16.7. The van der Waals surface area contributed by atoms with Gasteiger partial charge in [0.15, 0.2) is 11.5 Å². The van der Waals surface area contributed by atoms with E-state index in [4.69, 9.17) is 18.9 Å². The van der Waals surface area contributed by atoms with Crippen LogP contribution >= 0.6 is 0 Å². The monoisotopic (exact) mass is 753 g/mol. The molecule has 294 valence electrons. The molecule has 0 aromatic heterocycles. The number of hydrogen-bond acceptors (Lipinski definition) is 13. The molecular formula is C40H51NO13. The zero-order valence-corrected chi connectivity index (χ0v) is 32.2. The number of fused-ring (bicyclic) bond motifs is 14. The molecular weight excluding hydrogens is 702 g/mol. The van der Waals surface area contributed by atoms with E-state index in [1.54, 1.807) is 32.9 Å². The molecule has 0 fully saturated rings. The van der Waals surface area contributed by atoms with Crippen LogP contribution in [0.25, 0.3) is 5.57 Å². The summed E-state index contributed by atoms with van der Waals surface area (Å²) in [6.45, 7) is 13.4. The minimum Gasteiger partial charge on any atom is -0.505 e. The molecule has 1 aromatic carbocycles. The normalized spacial score (nSPS) is 29.8. The highest BCUT2D eigenvalue weighted by atomic mass is 16.7. The van der Waals surface area contributed by atoms with Crippen molar-refractivity contribution < 1.29 is 63.7 Å². The van der Waals surface area contributed by atoms with Crippen LogP contribution in [0.3, 0.4) is 0 Å². The number of aromatic hydroxyl groups is 1. The van der Waals surface area contributed by atoms with Gasteiger partial charge < -0.3 is 49.8 Å². The van der Waals surface area contributed by atoms with Gasteiger partial charge in [-0.05, 0) is 33.3 Å². The third-order valence-corrected chi connectivity index (χ3v) is 10.6. The van der Waals surface area contributed by atoms with Crippen LogP contribution in [0.2, 0.25) is 0 Å². The van der Waals surface area contributed by atoms with Crippen molar-refractivity contribution in [3.05, 3.63) is 69.2 Å². The molecule has 5 rings (SSSR count). The second-order valence-electron chi connectivity index (χ2n) is 14.4. The van der Waals surface area contributed by atoms with E-state index in [0.717, 1.165) is 14.0 Å². The summed E-state index contributed by atoms with van der Waals surface area (Å²) in [7, 11) is 1.11. The van der Waals surface area contributed by atoms with Crippen molar-refractivity contribution in [3.8, 4) is 11.5 Å². The number of amides is 1. The van der Waals surface area contributed by atoms with E-state index in [1.165, 1.54) is 46.8 Å². The fourth-order valence-corrected chi connectivity index (χ4v) is 7.22. The van der Waals surface area contributed by atoms with Crippen molar-refractivity contribution in [2.45, 2.75) is 86.7 Å². The predicted molar refractivity (Wildman–Crippen MR) is 197 cm³/mol. The highest BCUT2D eigenvalue weighted by molar-refractivity contribution is 6.21. The molecule has 6 N–H and O–H groups in total. The Labute approximate surface area is 314 Å². The number of allylic oxidation sites excluding steroid dienone is 5. The first-order chi connectivity index (χ1) is 25.3. The molecule has 4 bridgehead atoms. The van der Waals surface area contributed by atoms with Crippen LogP contribution in [0.4, 0.5) is 5.69 Å². The Morgan fingerprint density at radius 1 is 0.833 bits per heavy atom. The number of hydrogen-bond donors (Lipinski definition) is 6. The van der Waals surface area contributed by atoms with Crippen LogP contribution in [-0.4, -0.2) is 87.5 Å². The van der Waals surface area contributed by atoms with Gasteiger partial charge in [-0.15, -0.1) is 0 Å². The molecule has 0 radical (unpaired) electrons. The Hall–Kier alpha value is -4.76. The van der Waals surface area contributed by atoms with Crippen molar-refractivity contribution in [1.29, 1.82) is 0 Å². The van der Waals surface area contributed by atoms with Crippen LogP contribution < -0.4 is 10.1 Å². The van der Waals surface area contributed by atoms with E-state index in [0.29, 0.717) is 5.57 Å². The number of phenolic OH excluding ortho intramolecular Hbond substituents is 1. The number of carbonyl (C=O) groups excluding carboxylic acids is 4. The summed E-state index contributed by atoms with van der Waals surface area (Å²) in [4.78, 5) is 53.0. The number of nitrogens with one attached hydrogen (secondary N) is 1. The maximum atomic E-state index is 14.0. The van der Waals surface area contributed by atoms with E-state index < -0.39 is 83.4 Å². The maximum Gasteiger partial charge on any atom is 0.313 e. The van der Waals surface area contributed by atoms with Crippen LogP contribution in [0.15, 0.2) is 52.5 Å². The molecule has 1 aromatic rings. The van der Waals surface area contributed by atoms with E-state index >= 15 is 0 Å². The molecule has 1 amide bonds. The van der Waals surface area contributed by atoms with Crippen molar-refractivity contribution in [2.24, 2.45) is 29.6 Å². The Morgan fingerprint density at radius 3 is 1.98 bits per heavy atom. The van der Waals surface area contributed by atoms with Gasteiger partial charge in [-0.2, -0.15) is 0 Å². The molecule has 3 aliphatic heterocycles. The number of benzene rings is 1. The van der Waals surface area contributed by atoms with Gasteiger partial charge in [-0.25, -0.2) is 0 Å². The summed E-state index contributed by atoms with van der Waals surface area (Å²) in [5, 5.41) is 60.0. The average Bonchev–Trinajstić information content (AvgIpc) is 3.13. The zero-order valence-electron chi connectivity index (χ0n) is 32.2. The predicted octanol–water partition coefficient (Wildman–Crippen LogP) is 3.99. The minimum absolute atomic E-state index is 0.00611. The molecule has 3 heterocycles. The molecule has 9 atom stereocenters. The number of anilines is 1. The Kier molecular flexibility index (Phi) is 13.0. The number of phenols is 1. The second-order valence-corrected chi connectivity index (χ2v) is 14.4. The lowest BCUT2D eigenvalue weighted by Gasteiger charge is -2.37. The minimum atomic E-state index is -1.62. The fraction of sp³-hybridized carbons (Fsp3) is 0.500.